The van der Waals surface area contributed by atoms with Crippen molar-refractivity contribution < 1.29 is 14.7 Å². The maximum atomic E-state index is 12.3. The van der Waals surface area contributed by atoms with Gasteiger partial charge in [-0.3, -0.25) is 9.48 Å². The summed E-state index contributed by atoms with van der Waals surface area (Å²) in [6, 6.07) is 7.78. The van der Waals surface area contributed by atoms with Crippen LogP contribution in [0.5, 0.6) is 0 Å². The highest BCUT2D eigenvalue weighted by molar-refractivity contribution is 6.04. The van der Waals surface area contributed by atoms with E-state index in [1.165, 1.54) is 12.1 Å². The first-order valence-corrected chi connectivity index (χ1v) is 6.65. The van der Waals surface area contributed by atoms with Crippen LogP contribution in [0.3, 0.4) is 0 Å². The standard InChI is InChI=1S/C15H17N3O3/c1-3-12(13-8-9-16-18(13)2)17-14(19)10-6-4-5-7-11(10)15(20)21/h4-9,12H,3H2,1-2H3,(H,17,19)(H,20,21)/t12-/m0/s1. The third-order valence-corrected chi connectivity index (χ3v) is 3.33. The van der Waals surface area contributed by atoms with Crippen LogP contribution in [-0.2, 0) is 7.05 Å². The van der Waals surface area contributed by atoms with Crippen molar-refractivity contribution in [1.29, 1.82) is 0 Å². The zero-order chi connectivity index (χ0) is 15.4. The number of aromatic carboxylic acids is 1. The van der Waals surface area contributed by atoms with Crippen molar-refractivity contribution in [3.63, 3.8) is 0 Å². The van der Waals surface area contributed by atoms with E-state index in [1.54, 1.807) is 30.1 Å². The summed E-state index contributed by atoms with van der Waals surface area (Å²) >= 11 is 0. The van der Waals surface area contributed by atoms with Crippen LogP contribution in [0.2, 0.25) is 0 Å². The number of benzene rings is 1. The van der Waals surface area contributed by atoms with E-state index in [4.69, 9.17) is 5.11 Å². The highest BCUT2D eigenvalue weighted by Crippen LogP contribution is 2.17. The number of hydrogen-bond acceptors (Lipinski definition) is 3. The zero-order valence-electron chi connectivity index (χ0n) is 11.9. The van der Waals surface area contributed by atoms with Gasteiger partial charge in [0.1, 0.15) is 0 Å². The molecule has 2 N–H and O–H groups in total. The van der Waals surface area contributed by atoms with E-state index in [-0.39, 0.29) is 17.2 Å². The Morgan fingerprint density at radius 1 is 1.29 bits per heavy atom. The lowest BCUT2D eigenvalue weighted by Crippen LogP contribution is -2.30. The molecule has 0 unspecified atom stereocenters. The molecular weight excluding hydrogens is 270 g/mol. The van der Waals surface area contributed by atoms with Gasteiger partial charge in [0.2, 0.25) is 0 Å². The number of hydrogen-bond donors (Lipinski definition) is 2. The molecule has 21 heavy (non-hydrogen) atoms. The second kappa shape index (κ2) is 6.21. The summed E-state index contributed by atoms with van der Waals surface area (Å²) in [6.45, 7) is 1.95. The molecule has 0 spiro atoms. The average molecular weight is 287 g/mol. The van der Waals surface area contributed by atoms with Gasteiger partial charge in [0.05, 0.1) is 22.9 Å². The van der Waals surface area contributed by atoms with Crippen molar-refractivity contribution in [1.82, 2.24) is 15.1 Å². The lowest BCUT2D eigenvalue weighted by atomic mass is 10.1. The van der Waals surface area contributed by atoms with Crippen LogP contribution < -0.4 is 5.32 Å². The maximum absolute atomic E-state index is 12.3. The molecule has 6 heteroatoms. The molecule has 0 aliphatic rings. The molecule has 6 nitrogen and oxygen atoms in total. The fraction of sp³-hybridized carbons (Fsp3) is 0.267. The van der Waals surface area contributed by atoms with Gasteiger partial charge >= 0.3 is 5.97 Å². The molecule has 1 atom stereocenters. The smallest absolute Gasteiger partial charge is 0.336 e. The van der Waals surface area contributed by atoms with Crippen molar-refractivity contribution in [2.45, 2.75) is 19.4 Å². The minimum Gasteiger partial charge on any atom is -0.478 e. The van der Waals surface area contributed by atoms with Crippen LogP contribution in [0.25, 0.3) is 0 Å². The zero-order valence-corrected chi connectivity index (χ0v) is 11.9. The summed E-state index contributed by atoms with van der Waals surface area (Å²) in [5.74, 6) is -1.52. The minimum absolute atomic E-state index is 0.00476. The van der Waals surface area contributed by atoms with Crippen LogP contribution >= 0.6 is 0 Å². The number of rotatable bonds is 5. The van der Waals surface area contributed by atoms with Crippen molar-refractivity contribution in [3.8, 4) is 0 Å². The van der Waals surface area contributed by atoms with Crippen LogP contribution in [0, 0.1) is 0 Å². The molecule has 0 radical (unpaired) electrons. The lowest BCUT2D eigenvalue weighted by Gasteiger charge is -2.18. The van der Waals surface area contributed by atoms with Crippen molar-refractivity contribution in [2.24, 2.45) is 7.05 Å². The molecule has 1 aromatic heterocycles. The van der Waals surface area contributed by atoms with E-state index in [0.29, 0.717) is 6.42 Å². The number of carboxylic acid groups (broad SMARTS) is 1. The number of carboxylic acids is 1. The van der Waals surface area contributed by atoms with E-state index in [9.17, 15) is 9.59 Å². The molecule has 0 fully saturated rings. The molecule has 0 aliphatic carbocycles. The third kappa shape index (κ3) is 3.10. The number of nitrogens with zero attached hydrogens (tertiary/aromatic N) is 2. The Morgan fingerprint density at radius 3 is 2.48 bits per heavy atom. The summed E-state index contributed by atoms with van der Waals surface area (Å²) in [7, 11) is 1.80. The molecule has 0 aliphatic heterocycles. The molecule has 2 aromatic rings. The minimum atomic E-state index is -1.12. The van der Waals surface area contributed by atoms with Gasteiger partial charge in [-0.25, -0.2) is 4.79 Å². The Hall–Kier alpha value is -2.63. The van der Waals surface area contributed by atoms with E-state index in [1.807, 2.05) is 13.0 Å². The highest BCUT2D eigenvalue weighted by atomic mass is 16.4. The maximum Gasteiger partial charge on any atom is 0.336 e. The van der Waals surface area contributed by atoms with Crippen LogP contribution in [0.15, 0.2) is 36.5 Å². The number of amides is 1. The normalized spacial score (nSPS) is 11.9. The second-order valence-corrected chi connectivity index (χ2v) is 4.66. The van der Waals surface area contributed by atoms with Gasteiger partial charge in [-0.2, -0.15) is 5.10 Å². The van der Waals surface area contributed by atoms with Gasteiger partial charge in [0.15, 0.2) is 0 Å². The molecular formula is C15H17N3O3. The first-order chi connectivity index (χ1) is 10.0. The quantitative estimate of drug-likeness (QED) is 0.881. The SMILES string of the molecule is CC[C@H](NC(=O)c1ccccc1C(=O)O)c1ccnn1C. The monoisotopic (exact) mass is 287 g/mol. The Morgan fingerprint density at radius 2 is 1.95 bits per heavy atom. The van der Waals surface area contributed by atoms with E-state index >= 15 is 0 Å². The number of carbonyl (C=O) groups is 2. The highest BCUT2D eigenvalue weighted by Gasteiger charge is 2.20. The molecule has 1 amide bonds. The molecule has 110 valence electrons. The Balaban J connectivity index is 2.25. The first-order valence-electron chi connectivity index (χ1n) is 6.65. The number of carbonyl (C=O) groups excluding carboxylic acids is 1. The largest absolute Gasteiger partial charge is 0.478 e. The van der Waals surface area contributed by atoms with E-state index < -0.39 is 11.9 Å². The molecule has 0 saturated heterocycles. The van der Waals surface area contributed by atoms with Crippen molar-refractivity contribution >= 4 is 11.9 Å². The van der Waals surface area contributed by atoms with Gasteiger partial charge < -0.3 is 10.4 Å². The number of aryl methyl sites for hydroxylation is 1. The van der Waals surface area contributed by atoms with Crippen LogP contribution in [-0.4, -0.2) is 26.8 Å². The summed E-state index contributed by atoms with van der Waals surface area (Å²) in [5, 5.41) is 16.1. The third-order valence-electron chi connectivity index (χ3n) is 3.33. The fourth-order valence-corrected chi connectivity index (χ4v) is 2.21. The summed E-state index contributed by atoms with van der Waals surface area (Å²) < 4.78 is 1.69. The summed E-state index contributed by atoms with van der Waals surface area (Å²) in [6.07, 6.45) is 2.34. The number of aromatic nitrogens is 2. The van der Waals surface area contributed by atoms with E-state index in [0.717, 1.165) is 5.69 Å². The summed E-state index contributed by atoms with van der Waals surface area (Å²) in [5.41, 5.74) is 1.03. The van der Waals surface area contributed by atoms with Gasteiger partial charge in [-0.15, -0.1) is 0 Å². The van der Waals surface area contributed by atoms with Crippen LogP contribution in [0.4, 0.5) is 0 Å². The predicted molar refractivity (Wildman–Crippen MR) is 77.1 cm³/mol. The van der Waals surface area contributed by atoms with Crippen molar-refractivity contribution in [2.75, 3.05) is 0 Å². The topological polar surface area (TPSA) is 84.2 Å². The average Bonchev–Trinajstić information content (AvgIpc) is 2.90. The van der Waals surface area contributed by atoms with Gasteiger partial charge in [0.25, 0.3) is 5.91 Å². The lowest BCUT2D eigenvalue weighted by molar-refractivity contribution is 0.0690. The number of nitrogens with one attached hydrogen (secondary N) is 1. The van der Waals surface area contributed by atoms with Crippen molar-refractivity contribution in [3.05, 3.63) is 53.3 Å². The van der Waals surface area contributed by atoms with Gasteiger partial charge in [-0.1, -0.05) is 19.1 Å². The first kappa shape index (κ1) is 14.8. The fourth-order valence-electron chi connectivity index (χ4n) is 2.21. The van der Waals surface area contributed by atoms with Gasteiger partial charge in [-0.05, 0) is 24.6 Å². The Labute approximate surface area is 122 Å². The Kier molecular flexibility index (Phi) is 4.37. The summed E-state index contributed by atoms with van der Waals surface area (Å²) in [4.78, 5) is 23.5. The molecule has 0 bridgehead atoms. The van der Waals surface area contributed by atoms with Crippen LogP contribution in [0.1, 0.15) is 45.8 Å². The van der Waals surface area contributed by atoms with E-state index in [2.05, 4.69) is 10.4 Å². The second-order valence-electron chi connectivity index (χ2n) is 4.66. The molecule has 2 rings (SSSR count). The van der Waals surface area contributed by atoms with Gasteiger partial charge in [0, 0.05) is 13.2 Å². The predicted octanol–water partition coefficient (Wildman–Crippen LogP) is 2.00. The molecule has 1 heterocycles. The molecule has 1 aromatic carbocycles. The Bertz CT molecular complexity index is 664. The molecule has 0 saturated carbocycles.